The number of aromatic amines is 2. The lowest BCUT2D eigenvalue weighted by atomic mass is 9.99. The van der Waals surface area contributed by atoms with E-state index in [4.69, 9.17) is 10.5 Å². The van der Waals surface area contributed by atoms with Crippen LogP contribution in [0.1, 0.15) is 127 Å². The van der Waals surface area contributed by atoms with Crippen LogP contribution in [0.15, 0.2) is 71.5 Å². The molecule has 0 bridgehead atoms. The van der Waals surface area contributed by atoms with Crippen LogP contribution in [0.25, 0.3) is 22.2 Å². The fraction of sp³-hybridized carbons (Fsp3) is 0.571. The molecule has 0 fully saturated rings. The number of carbonyl (C=O) groups excluding carboxylic acids is 10. The highest BCUT2D eigenvalue weighted by Gasteiger charge is 2.39. The SMILES string of the molecule is Nc1nc2[nH]c(CCCc3ccc(C(=O)N[C@@H](CCC(=O)OCCSSC[C@H](NC(=O)[C@H](CCC(O)NC[C@H](O)[C@@H](O)[C@H](O)[C@H](O)CO)NC(=O)[C@H](CCC(=O)O)NC(=O)[C@H](CCC(=O)NC[C@H](O)[C@@H](O)[C@H](O)[C@H](O)CO)NC(=O)[C@H](CCC(=O)O)NC(=O)[C@H](CCC(=O)NC[C@H](O)[C@@H](O)[C@H](O)[C@H](O)CO)NC(=O)CCSCC4c5ccccc5-c5ccccc54)C(=O)O)C(=O)O)s3)cc2c(=O)[nH]1. The lowest BCUT2D eigenvalue weighted by molar-refractivity contribution is -0.144. The fourth-order valence-corrected chi connectivity index (χ4v) is 17.9. The van der Waals surface area contributed by atoms with Crippen molar-refractivity contribution in [3.63, 3.8) is 0 Å². The van der Waals surface area contributed by atoms with E-state index in [0.29, 0.717) is 36.0 Å². The molecule has 1 aliphatic carbocycles. The molecule has 20 atom stereocenters. The Hall–Kier alpha value is -10.7. The first-order valence-corrected chi connectivity index (χ1v) is 48.0. The third kappa shape index (κ3) is 38.1. The van der Waals surface area contributed by atoms with Crippen molar-refractivity contribution in [2.75, 3.05) is 74.8 Å². The monoisotopic (exact) mass is 2030 g/mol. The number of aliphatic hydroxyl groups excluding tert-OH is 16. The molecule has 9 amide bonds. The molecule has 50 nitrogen and oxygen atoms in total. The molecule has 0 aliphatic heterocycles. The quantitative estimate of drug-likeness (QED) is 0.00744. The lowest BCUT2D eigenvalue weighted by Crippen LogP contribution is -2.60. The third-order valence-electron chi connectivity index (χ3n) is 21.7. The smallest absolute Gasteiger partial charge is 0.327 e. The van der Waals surface area contributed by atoms with Gasteiger partial charge in [-0.05, 0) is 105 Å². The first-order valence-electron chi connectivity index (χ1n) is 43.5. The highest BCUT2D eigenvalue weighted by Crippen LogP contribution is 2.46. The number of H-pyrrole nitrogens is 2. The molecule has 0 saturated carbocycles. The summed E-state index contributed by atoms with van der Waals surface area (Å²) in [7, 11) is 1.69. The first kappa shape index (κ1) is 116. The van der Waals surface area contributed by atoms with Crippen molar-refractivity contribution >= 4 is 145 Å². The maximum Gasteiger partial charge on any atom is 0.327 e. The Morgan fingerprint density at radius 1 is 0.457 bits per heavy atom. The summed E-state index contributed by atoms with van der Waals surface area (Å²) in [5.74, 6) is -18.3. The van der Waals surface area contributed by atoms with Crippen LogP contribution < -0.4 is 64.5 Å². The predicted molar refractivity (Wildman–Crippen MR) is 491 cm³/mol. The van der Waals surface area contributed by atoms with Gasteiger partial charge in [0.1, 0.15) is 116 Å². The van der Waals surface area contributed by atoms with Crippen LogP contribution in [0.2, 0.25) is 0 Å². The number of carbonyl (C=O) groups is 14. The number of esters is 1. The molecule has 54 heteroatoms. The topological polar surface area (TPSA) is 861 Å². The molecule has 2 aromatic carbocycles. The maximum atomic E-state index is 14.9. The Bertz CT molecular complexity index is 4880. The first-order chi connectivity index (χ1) is 65.4. The van der Waals surface area contributed by atoms with Gasteiger partial charge in [0, 0.05) is 97.7 Å². The molecule has 34 N–H and O–H groups in total. The van der Waals surface area contributed by atoms with Crippen molar-refractivity contribution in [2.45, 2.75) is 230 Å². The van der Waals surface area contributed by atoms with E-state index in [2.05, 4.69) is 68.1 Å². The van der Waals surface area contributed by atoms with Crippen LogP contribution in [-0.4, -0.2) is 391 Å². The van der Waals surface area contributed by atoms with E-state index in [0.717, 1.165) is 65.7 Å². The molecule has 0 radical (unpaired) electrons. The highest BCUT2D eigenvalue weighted by molar-refractivity contribution is 8.76. The Labute approximate surface area is 802 Å². The summed E-state index contributed by atoms with van der Waals surface area (Å²) in [5.41, 5.74) is 10.4. The van der Waals surface area contributed by atoms with Crippen molar-refractivity contribution in [3.05, 3.63) is 104 Å². The second kappa shape index (κ2) is 59.0. The van der Waals surface area contributed by atoms with E-state index in [1.807, 2.05) is 48.5 Å². The van der Waals surface area contributed by atoms with Crippen molar-refractivity contribution < 1.29 is 174 Å². The summed E-state index contributed by atoms with van der Waals surface area (Å²) in [5, 5.41) is 225. The van der Waals surface area contributed by atoms with Gasteiger partial charge in [0.25, 0.3) is 11.5 Å². The Morgan fingerprint density at radius 3 is 1.38 bits per heavy atom. The second-order valence-corrected chi connectivity index (χ2v) is 37.1. The number of amides is 9. The zero-order valence-corrected chi connectivity index (χ0v) is 77.5. The van der Waals surface area contributed by atoms with E-state index in [-0.39, 0.29) is 41.3 Å². The molecule has 3 aromatic heterocycles. The molecular weight excluding hydrogens is 1910 g/mol. The molecule has 766 valence electrons. The van der Waals surface area contributed by atoms with Crippen LogP contribution >= 0.6 is 44.7 Å². The number of nitrogens with two attached hydrogens (primary N) is 1. The number of hydrogen-bond acceptors (Lipinski definition) is 39. The number of nitrogen functional groups attached to an aromatic ring is 1. The number of rotatable bonds is 67. The molecule has 0 spiro atoms. The summed E-state index contributed by atoms with van der Waals surface area (Å²) in [6.07, 6.45) is -34.9. The zero-order valence-electron chi connectivity index (χ0n) is 74.2. The van der Waals surface area contributed by atoms with Crippen LogP contribution in [0, 0.1) is 0 Å². The highest BCUT2D eigenvalue weighted by atomic mass is 33.1. The van der Waals surface area contributed by atoms with Crippen LogP contribution in [0.5, 0.6) is 0 Å². The molecule has 5 aromatic rings. The number of carboxylic acid groups (broad SMARTS) is 4. The number of ether oxygens (including phenoxy) is 1. The van der Waals surface area contributed by atoms with Crippen molar-refractivity contribution in [1.82, 2.24) is 68.1 Å². The zero-order chi connectivity index (χ0) is 102. The fourth-order valence-electron chi connectivity index (χ4n) is 13.9. The number of hydrogen-bond donors (Lipinski definition) is 33. The minimum absolute atomic E-state index is 0.0549. The molecule has 3 heterocycles. The standard InChI is InChI=1S/C84H120N14O36S4/c85-84-97-74-45(75(123)98-84)30-39(89-74)6-5-7-40-12-19-60(138-40)81(129)95-52(82(130)131)18-25-67(116)134-27-29-136-137-38-53(83(132)133)96-80(128)49(15-22-63(110)88-33-56(104)70(119)73(122)59(107)36-101)92-79(127)51(17-24-66(114)115)94-77(125)48(14-21-62(109)87-32-55(103)69(118)72(121)58(106)35-100)91-78(126)50(16-23-65(112)113)93-76(124)47(13-20-61(108)86-31-54(102)68(117)71(120)57(105)34-99)90-64(111)26-28-135-37-46-43-10-3-1-8-41(43)42-9-2-4-11-44(42)46/h1-4,8-12,19,30,46-59,63,68-73,88,99-107,110,117-122H,5-7,13-18,20-29,31-38H2,(H,86,108)(H,87,109)(H,90,111)(H,91,126)(H,92,127)(H,93,124)(H,94,125)(H,95,129)(H,96,128)(H,112,113)(H,114,115)(H,130,131)(H,132,133)(H4,85,89,97,98,123)/t47-,48-,49-,50-,51-,52-,53-,54-,55-,56-,57+,58+,59+,63?,68+,69+,70+,71+,72+,73+/m0/s1. The summed E-state index contributed by atoms with van der Waals surface area (Å²) in [6.45, 7) is -6.10. The molecule has 1 unspecified atom stereocenters. The lowest BCUT2D eigenvalue weighted by Gasteiger charge is -2.28. The van der Waals surface area contributed by atoms with Crippen LogP contribution in [0.4, 0.5) is 5.95 Å². The molecule has 1 aliphatic rings. The largest absolute Gasteiger partial charge is 0.481 e. The van der Waals surface area contributed by atoms with Crippen LogP contribution in [-0.2, 0) is 79.9 Å². The van der Waals surface area contributed by atoms with Gasteiger partial charge in [0.05, 0.1) is 48.4 Å². The van der Waals surface area contributed by atoms with E-state index in [1.54, 1.807) is 12.1 Å². The predicted octanol–water partition coefficient (Wildman–Crippen LogP) is -8.59. The van der Waals surface area contributed by atoms with Gasteiger partial charge in [-0.15, -0.1) is 11.3 Å². The number of aromatic nitrogens is 3. The van der Waals surface area contributed by atoms with Gasteiger partial charge in [0.15, 0.2) is 0 Å². The number of aryl methyl sites for hydroxylation is 2. The summed E-state index contributed by atoms with van der Waals surface area (Å²) in [4.78, 5) is 213. The number of aliphatic carboxylic acids is 4. The average molecular weight is 2030 g/mol. The molecule has 138 heavy (non-hydrogen) atoms. The van der Waals surface area contributed by atoms with Gasteiger partial charge in [-0.3, -0.25) is 72.6 Å². The number of thiophene rings is 1. The summed E-state index contributed by atoms with van der Waals surface area (Å²) in [6, 6.07) is 6.49. The number of nitrogens with zero attached hydrogens (tertiary/aromatic N) is 1. The van der Waals surface area contributed by atoms with Gasteiger partial charge >= 0.3 is 29.8 Å². The minimum atomic E-state index is -2.23. The normalized spacial score (nSPS) is 16.3. The maximum absolute atomic E-state index is 14.9. The number of anilines is 1. The van der Waals surface area contributed by atoms with Gasteiger partial charge < -0.3 is 165 Å². The van der Waals surface area contributed by atoms with Crippen molar-refractivity contribution in [1.29, 1.82) is 0 Å². The molecular formula is C84H120N14O36S4. The Kier molecular flexibility index (Phi) is 49.6. The van der Waals surface area contributed by atoms with Gasteiger partial charge in [0.2, 0.25) is 53.2 Å². The number of aliphatic hydroxyl groups is 16. The number of benzene rings is 2. The number of fused-ring (bicyclic) bond motifs is 4. The average Bonchev–Trinajstić information content (AvgIpc) is 1.61. The van der Waals surface area contributed by atoms with Gasteiger partial charge in [-0.2, -0.15) is 16.7 Å². The minimum Gasteiger partial charge on any atom is -0.481 e. The molecule has 6 rings (SSSR count). The van der Waals surface area contributed by atoms with Crippen molar-refractivity contribution in [3.8, 4) is 11.1 Å². The number of nitrogens with one attached hydrogen (secondary N) is 12. The second-order valence-electron chi connectivity index (χ2n) is 32.1. The van der Waals surface area contributed by atoms with E-state index < -0.39 is 333 Å². The van der Waals surface area contributed by atoms with E-state index in [1.165, 1.54) is 17.8 Å². The van der Waals surface area contributed by atoms with E-state index >= 15 is 0 Å². The third-order valence-corrected chi connectivity index (χ3v) is 26.3. The Morgan fingerprint density at radius 2 is 0.899 bits per heavy atom. The summed E-state index contributed by atoms with van der Waals surface area (Å²) < 4.78 is 5.23. The van der Waals surface area contributed by atoms with E-state index in [9.17, 15) is 174 Å². The van der Waals surface area contributed by atoms with Crippen molar-refractivity contribution in [2.24, 2.45) is 0 Å². The Balaban J connectivity index is 1.19. The van der Waals surface area contributed by atoms with Crippen LogP contribution in [0.3, 0.4) is 0 Å². The summed E-state index contributed by atoms with van der Waals surface area (Å²) >= 11 is 2.48. The number of thioether (sulfide) groups is 1. The van der Waals surface area contributed by atoms with Gasteiger partial charge in [-0.1, -0.05) is 70.1 Å². The molecule has 0 saturated heterocycles. The van der Waals surface area contributed by atoms with Gasteiger partial charge in [-0.25, -0.2) is 9.59 Å². The number of carboxylic acids is 4.